The van der Waals surface area contributed by atoms with Gasteiger partial charge in [0, 0.05) is 17.7 Å². The molecule has 21 heavy (non-hydrogen) atoms. The molecule has 3 N–H and O–H groups in total. The number of carbonyl (C=O) groups excluding carboxylic acids is 1. The highest BCUT2D eigenvalue weighted by molar-refractivity contribution is 5.93. The fraction of sp³-hybridized carbons (Fsp3) is 0.235. The van der Waals surface area contributed by atoms with E-state index < -0.39 is 0 Å². The molecule has 108 valence electrons. The van der Waals surface area contributed by atoms with Crippen molar-refractivity contribution < 1.29 is 9.53 Å². The monoisotopic (exact) mass is 282 g/mol. The first-order valence-corrected chi connectivity index (χ1v) is 6.98. The fourth-order valence-electron chi connectivity index (χ4n) is 2.78. The van der Waals surface area contributed by atoms with Gasteiger partial charge in [-0.15, -0.1) is 0 Å². The van der Waals surface area contributed by atoms with Crippen molar-refractivity contribution in [3.05, 3.63) is 53.6 Å². The predicted octanol–water partition coefficient (Wildman–Crippen LogP) is 2.63. The first-order valence-electron chi connectivity index (χ1n) is 6.98. The van der Waals surface area contributed by atoms with Gasteiger partial charge in [-0.3, -0.25) is 4.79 Å². The molecule has 0 spiro atoms. The Morgan fingerprint density at radius 1 is 1.19 bits per heavy atom. The summed E-state index contributed by atoms with van der Waals surface area (Å²) in [7, 11) is 1.56. The number of amides is 1. The molecule has 4 heteroatoms. The maximum absolute atomic E-state index is 12.4. The van der Waals surface area contributed by atoms with E-state index in [2.05, 4.69) is 17.4 Å². The maximum Gasteiger partial charge on any atom is 0.228 e. The molecule has 0 radical (unpaired) electrons. The Kier molecular flexibility index (Phi) is 3.52. The molecule has 1 amide bonds. The van der Waals surface area contributed by atoms with Gasteiger partial charge in [-0.25, -0.2) is 0 Å². The molecular weight excluding hydrogens is 264 g/mol. The largest absolute Gasteiger partial charge is 0.495 e. The van der Waals surface area contributed by atoms with E-state index in [1.165, 1.54) is 11.1 Å². The number of nitrogens with one attached hydrogen (secondary N) is 1. The summed E-state index contributed by atoms with van der Waals surface area (Å²) in [5.41, 5.74) is 9.58. The summed E-state index contributed by atoms with van der Waals surface area (Å²) in [6.07, 6.45) is 1.60. The van der Waals surface area contributed by atoms with Gasteiger partial charge in [0.25, 0.3) is 0 Å². The molecule has 0 saturated carbocycles. The van der Waals surface area contributed by atoms with E-state index in [0.29, 0.717) is 17.1 Å². The van der Waals surface area contributed by atoms with E-state index in [-0.39, 0.29) is 11.8 Å². The zero-order valence-corrected chi connectivity index (χ0v) is 11.9. The molecule has 0 bridgehead atoms. The lowest BCUT2D eigenvalue weighted by Gasteiger charge is -2.12. The first kappa shape index (κ1) is 13.5. The minimum absolute atomic E-state index is 0.00838. The third-order valence-corrected chi connectivity index (χ3v) is 3.92. The zero-order chi connectivity index (χ0) is 14.8. The van der Waals surface area contributed by atoms with E-state index in [0.717, 1.165) is 12.8 Å². The number of nitrogen functional groups attached to an aromatic ring is 1. The summed E-state index contributed by atoms with van der Waals surface area (Å²) in [6, 6.07) is 13.5. The molecule has 0 atom stereocenters. The summed E-state index contributed by atoms with van der Waals surface area (Å²) in [6.45, 7) is 0. The number of methoxy groups -OCH3 is 1. The molecule has 4 nitrogen and oxygen atoms in total. The quantitative estimate of drug-likeness (QED) is 0.851. The van der Waals surface area contributed by atoms with Crippen molar-refractivity contribution >= 4 is 17.3 Å². The summed E-state index contributed by atoms with van der Waals surface area (Å²) in [4.78, 5) is 12.4. The molecule has 0 saturated heterocycles. The van der Waals surface area contributed by atoms with Crippen LogP contribution in [0.5, 0.6) is 5.75 Å². The van der Waals surface area contributed by atoms with Crippen molar-refractivity contribution in [3.8, 4) is 5.75 Å². The van der Waals surface area contributed by atoms with Gasteiger partial charge in [-0.05, 0) is 36.1 Å². The summed E-state index contributed by atoms with van der Waals surface area (Å²) in [5.74, 6) is 0.603. The lowest BCUT2D eigenvalue weighted by atomic mass is 10.1. The first-order chi connectivity index (χ1) is 10.2. The van der Waals surface area contributed by atoms with Crippen LogP contribution in [0, 0.1) is 5.92 Å². The molecule has 1 aliphatic carbocycles. The number of nitrogens with two attached hydrogens (primary N) is 1. The van der Waals surface area contributed by atoms with E-state index in [9.17, 15) is 4.79 Å². The molecular formula is C17H18N2O2. The van der Waals surface area contributed by atoms with Crippen LogP contribution in [0.25, 0.3) is 0 Å². The Balaban J connectivity index is 1.71. The van der Waals surface area contributed by atoms with Crippen LogP contribution in [0.1, 0.15) is 11.1 Å². The van der Waals surface area contributed by atoms with Crippen molar-refractivity contribution in [2.75, 3.05) is 18.2 Å². The highest BCUT2D eigenvalue weighted by Gasteiger charge is 2.27. The number of hydrogen-bond acceptors (Lipinski definition) is 3. The summed E-state index contributed by atoms with van der Waals surface area (Å²) in [5, 5.41) is 2.95. The second kappa shape index (κ2) is 5.48. The summed E-state index contributed by atoms with van der Waals surface area (Å²) >= 11 is 0. The Hall–Kier alpha value is -2.49. The molecule has 2 aromatic rings. The van der Waals surface area contributed by atoms with Crippen molar-refractivity contribution in [1.82, 2.24) is 0 Å². The Morgan fingerprint density at radius 2 is 1.86 bits per heavy atom. The molecule has 0 unspecified atom stereocenters. The van der Waals surface area contributed by atoms with E-state index >= 15 is 0 Å². The number of benzene rings is 2. The predicted molar refractivity (Wildman–Crippen MR) is 83.4 cm³/mol. The van der Waals surface area contributed by atoms with Crippen LogP contribution in [0.4, 0.5) is 11.4 Å². The van der Waals surface area contributed by atoms with Gasteiger partial charge in [-0.1, -0.05) is 24.3 Å². The SMILES string of the molecule is COc1cc(NC(=O)C2Cc3ccccc3C2)ccc1N. The van der Waals surface area contributed by atoms with Gasteiger partial charge < -0.3 is 15.8 Å². The van der Waals surface area contributed by atoms with Gasteiger partial charge in [-0.2, -0.15) is 0 Å². The topological polar surface area (TPSA) is 64.3 Å². The van der Waals surface area contributed by atoms with Crippen LogP contribution in [0.15, 0.2) is 42.5 Å². The normalized spacial score (nSPS) is 13.8. The number of ether oxygens (including phenoxy) is 1. The molecule has 0 aliphatic heterocycles. The molecule has 2 aromatic carbocycles. The Morgan fingerprint density at radius 3 is 2.48 bits per heavy atom. The highest BCUT2D eigenvalue weighted by Crippen LogP contribution is 2.29. The average molecular weight is 282 g/mol. The van der Waals surface area contributed by atoms with Crippen LogP contribution in [-0.4, -0.2) is 13.0 Å². The molecule has 0 heterocycles. The zero-order valence-electron chi connectivity index (χ0n) is 11.9. The minimum Gasteiger partial charge on any atom is -0.495 e. The molecule has 0 aromatic heterocycles. The third-order valence-electron chi connectivity index (χ3n) is 3.92. The van der Waals surface area contributed by atoms with Gasteiger partial charge in [0.2, 0.25) is 5.91 Å². The number of rotatable bonds is 3. The third kappa shape index (κ3) is 2.70. The number of hydrogen-bond donors (Lipinski definition) is 2. The van der Waals surface area contributed by atoms with Gasteiger partial charge >= 0.3 is 0 Å². The van der Waals surface area contributed by atoms with Crippen molar-refractivity contribution in [3.63, 3.8) is 0 Å². The number of anilines is 2. The smallest absolute Gasteiger partial charge is 0.228 e. The Bertz CT molecular complexity index is 657. The van der Waals surface area contributed by atoms with Gasteiger partial charge in [0.15, 0.2) is 0 Å². The fourth-order valence-corrected chi connectivity index (χ4v) is 2.78. The van der Waals surface area contributed by atoms with E-state index in [1.54, 1.807) is 25.3 Å². The lowest BCUT2D eigenvalue weighted by Crippen LogP contribution is -2.23. The standard InChI is InChI=1S/C17H18N2O2/c1-21-16-10-14(6-7-15(16)18)19-17(20)13-8-11-4-2-3-5-12(11)9-13/h2-7,10,13H,8-9,18H2,1H3,(H,19,20). The van der Waals surface area contributed by atoms with E-state index in [4.69, 9.17) is 10.5 Å². The second-order valence-corrected chi connectivity index (χ2v) is 5.32. The van der Waals surface area contributed by atoms with Crippen molar-refractivity contribution in [2.24, 2.45) is 5.92 Å². The highest BCUT2D eigenvalue weighted by atomic mass is 16.5. The average Bonchev–Trinajstić information content (AvgIpc) is 2.93. The lowest BCUT2D eigenvalue weighted by molar-refractivity contribution is -0.119. The van der Waals surface area contributed by atoms with Gasteiger partial charge in [0.1, 0.15) is 5.75 Å². The molecule has 0 fully saturated rings. The number of carbonyl (C=O) groups is 1. The molecule has 3 rings (SSSR count). The van der Waals surface area contributed by atoms with Crippen LogP contribution in [-0.2, 0) is 17.6 Å². The van der Waals surface area contributed by atoms with Crippen LogP contribution in [0.3, 0.4) is 0 Å². The molecule has 1 aliphatic rings. The summed E-state index contributed by atoms with van der Waals surface area (Å²) < 4.78 is 5.17. The van der Waals surface area contributed by atoms with Crippen LogP contribution < -0.4 is 15.8 Å². The van der Waals surface area contributed by atoms with Crippen LogP contribution in [0.2, 0.25) is 0 Å². The Labute approximate surface area is 123 Å². The number of fused-ring (bicyclic) bond motifs is 1. The maximum atomic E-state index is 12.4. The van der Waals surface area contributed by atoms with Crippen molar-refractivity contribution in [2.45, 2.75) is 12.8 Å². The van der Waals surface area contributed by atoms with Gasteiger partial charge in [0.05, 0.1) is 12.8 Å². The minimum atomic E-state index is -0.00838. The van der Waals surface area contributed by atoms with Crippen molar-refractivity contribution in [1.29, 1.82) is 0 Å². The second-order valence-electron chi connectivity index (χ2n) is 5.32. The van der Waals surface area contributed by atoms with Crippen LogP contribution >= 0.6 is 0 Å². The van der Waals surface area contributed by atoms with E-state index in [1.807, 2.05) is 12.1 Å².